The lowest BCUT2D eigenvalue weighted by Crippen LogP contribution is -2.47. The number of imidazole rings is 1. The minimum absolute atomic E-state index is 0.0987. The maximum atomic E-state index is 13.3. The lowest BCUT2D eigenvalue weighted by atomic mass is 9.82. The van der Waals surface area contributed by atoms with Gasteiger partial charge in [0.15, 0.2) is 0 Å². The Hall–Kier alpha value is -2.67. The van der Waals surface area contributed by atoms with E-state index in [4.69, 9.17) is 0 Å². The minimum atomic E-state index is 0.0987. The van der Waals surface area contributed by atoms with E-state index in [9.17, 15) is 4.79 Å². The molecular weight excluding hydrogens is 376 g/mol. The van der Waals surface area contributed by atoms with Crippen molar-refractivity contribution in [2.75, 3.05) is 13.1 Å². The molecule has 5 rings (SSSR count). The molecular formula is C23H30N6O. The molecule has 3 aromatic heterocycles. The van der Waals surface area contributed by atoms with E-state index >= 15 is 0 Å². The van der Waals surface area contributed by atoms with E-state index in [1.54, 1.807) is 6.20 Å². The smallest absolute Gasteiger partial charge is 0.261 e. The fraction of sp³-hybridized carbons (Fsp3) is 0.522. The van der Waals surface area contributed by atoms with E-state index in [0.29, 0.717) is 17.4 Å². The molecule has 1 fully saturated rings. The molecule has 2 bridgehead atoms. The zero-order valence-corrected chi connectivity index (χ0v) is 18.1. The van der Waals surface area contributed by atoms with Gasteiger partial charge in [0.1, 0.15) is 5.82 Å². The summed E-state index contributed by atoms with van der Waals surface area (Å²) < 4.78 is 6.05. The van der Waals surface area contributed by atoms with Crippen LogP contribution in [0.25, 0.3) is 11.4 Å². The predicted molar refractivity (Wildman–Crippen MR) is 116 cm³/mol. The molecule has 0 amide bonds. The van der Waals surface area contributed by atoms with E-state index in [-0.39, 0.29) is 5.56 Å². The second-order valence-corrected chi connectivity index (χ2v) is 8.92. The third-order valence-corrected chi connectivity index (χ3v) is 6.78. The molecule has 7 nitrogen and oxygen atoms in total. The summed E-state index contributed by atoms with van der Waals surface area (Å²) in [6.07, 6.45) is 7.94. The maximum Gasteiger partial charge on any atom is 0.261 e. The number of rotatable bonds is 5. The summed E-state index contributed by atoms with van der Waals surface area (Å²) in [6.45, 7) is 9.11. The molecule has 158 valence electrons. The molecule has 0 N–H and O–H groups in total. The van der Waals surface area contributed by atoms with Gasteiger partial charge in [0.05, 0.1) is 11.8 Å². The number of nitrogens with zero attached hydrogens (tertiary/aromatic N) is 6. The van der Waals surface area contributed by atoms with Crippen molar-refractivity contribution in [2.45, 2.75) is 52.2 Å². The summed E-state index contributed by atoms with van der Waals surface area (Å²) in [6, 6.07) is 4.12. The molecule has 2 aliphatic rings. The number of hydrogen-bond acceptors (Lipinski definition) is 4. The van der Waals surface area contributed by atoms with Crippen molar-refractivity contribution in [3.63, 3.8) is 0 Å². The van der Waals surface area contributed by atoms with E-state index in [1.807, 2.05) is 34.6 Å². The van der Waals surface area contributed by atoms with Gasteiger partial charge in [-0.1, -0.05) is 6.92 Å². The van der Waals surface area contributed by atoms with E-state index in [1.165, 1.54) is 23.4 Å². The van der Waals surface area contributed by atoms with Gasteiger partial charge in [0.25, 0.3) is 5.56 Å². The Morgan fingerprint density at radius 2 is 2.07 bits per heavy atom. The molecule has 7 heteroatoms. The van der Waals surface area contributed by atoms with Crippen LogP contribution in [0.1, 0.15) is 42.6 Å². The van der Waals surface area contributed by atoms with E-state index in [0.717, 1.165) is 45.0 Å². The lowest BCUT2D eigenvalue weighted by molar-refractivity contribution is 0.114. The van der Waals surface area contributed by atoms with Gasteiger partial charge < -0.3 is 9.13 Å². The number of pyridine rings is 1. The third kappa shape index (κ3) is 3.21. The van der Waals surface area contributed by atoms with Crippen molar-refractivity contribution >= 4 is 0 Å². The average Bonchev–Trinajstić information content (AvgIpc) is 3.30. The van der Waals surface area contributed by atoms with Gasteiger partial charge in [-0.3, -0.25) is 14.4 Å². The van der Waals surface area contributed by atoms with Crippen LogP contribution >= 0.6 is 0 Å². The number of likely N-dealkylation sites (tertiary alicyclic amines) is 1. The first-order valence-corrected chi connectivity index (χ1v) is 11.0. The molecule has 0 unspecified atom stereocenters. The van der Waals surface area contributed by atoms with Crippen LogP contribution in [0.3, 0.4) is 0 Å². The van der Waals surface area contributed by atoms with Crippen LogP contribution in [0.5, 0.6) is 0 Å². The highest BCUT2D eigenvalue weighted by Crippen LogP contribution is 2.36. The van der Waals surface area contributed by atoms with Crippen molar-refractivity contribution in [1.29, 1.82) is 0 Å². The number of hydrogen-bond donors (Lipinski definition) is 0. The first kappa shape index (κ1) is 19.3. The van der Waals surface area contributed by atoms with Crippen LogP contribution in [0.15, 0.2) is 35.5 Å². The average molecular weight is 407 g/mol. The van der Waals surface area contributed by atoms with E-state index in [2.05, 4.69) is 39.6 Å². The summed E-state index contributed by atoms with van der Waals surface area (Å²) in [5.41, 5.74) is 4.58. The summed E-state index contributed by atoms with van der Waals surface area (Å²) in [5.74, 6) is 1.66. The van der Waals surface area contributed by atoms with Crippen LogP contribution in [0, 0.1) is 12.8 Å². The Labute approximate surface area is 177 Å². The Balaban J connectivity index is 1.40. The van der Waals surface area contributed by atoms with Crippen molar-refractivity contribution in [3.05, 3.63) is 58.0 Å². The van der Waals surface area contributed by atoms with Crippen molar-refractivity contribution in [1.82, 2.24) is 28.8 Å². The summed E-state index contributed by atoms with van der Waals surface area (Å²) >= 11 is 0. The molecule has 5 heterocycles. The SMILES string of the molecule is CCCn1ncc(CN2C[C@@H]3C[C@H](C2)c2ccc(-c4nccn4C)c(=O)n2C3)c1C. The fourth-order valence-electron chi connectivity index (χ4n) is 5.29. The number of piperidine rings is 1. The quantitative estimate of drug-likeness (QED) is 0.654. The highest BCUT2D eigenvalue weighted by Gasteiger charge is 2.35. The standard InChI is InChI=1S/C23H30N6O/c1-4-8-29-16(2)19(11-25-29)15-27-12-17-10-18(14-27)21-6-5-20(23(30)28(21)13-17)22-24-7-9-26(22)3/h5-7,9,11,17-18H,4,8,10,12-15H2,1-3H3/t17-,18+/m0/s1. The van der Waals surface area contributed by atoms with E-state index < -0.39 is 0 Å². The maximum absolute atomic E-state index is 13.3. The van der Waals surface area contributed by atoms with Crippen LogP contribution in [0.4, 0.5) is 0 Å². The van der Waals surface area contributed by atoms with Crippen molar-refractivity contribution in [2.24, 2.45) is 13.0 Å². The largest absolute Gasteiger partial charge is 0.334 e. The van der Waals surface area contributed by atoms with Gasteiger partial charge in [0.2, 0.25) is 0 Å². The molecule has 0 aliphatic carbocycles. The molecule has 2 aliphatic heterocycles. The first-order chi connectivity index (χ1) is 14.5. The van der Waals surface area contributed by atoms with Gasteiger partial charge in [-0.05, 0) is 37.8 Å². The Morgan fingerprint density at radius 1 is 1.20 bits per heavy atom. The van der Waals surface area contributed by atoms with Gasteiger partial charge in [-0.2, -0.15) is 5.10 Å². The van der Waals surface area contributed by atoms with Crippen molar-refractivity contribution in [3.8, 4) is 11.4 Å². The summed E-state index contributed by atoms with van der Waals surface area (Å²) in [5, 5.41) is 4.57. The zero-order chi connectivity index (χ0) is 20.8. The topological polar surface area (TPSA) is 60.9 Å². The monoisotopic (exact) mass is 406 g/mol. The Kier molecular flexibility index (Phi) is 4.85. The number of aryl methyl sites for hydroxylation is 2. The molecule has 30 heavy (non-hydrogen) atoms. The van der Waals surface area contributed by atoms with Crippen molar-refractivity contribution < 1.29 is 0 Å². The number of aromatic nitrogens is 5. The minimum Gasteiger partial charge on any atom is -0.334 e. The predicted octanol–water partition coefficient (Wildman–Crippen LogP) is 2.78. The van der Waals surface area contributed by atoms with Gasteiger partial charge >= 0.3 is 0 Å². The highest BCUT2D eigenvalue weighted by atomic mass is 16.1. The van der Waals surface area contributed by atoms with Gasteiger partial charge in [-0.15, -0.1) is 0 Å². The molecule has 0 radical (unpaired) electrons. The molecule has 3 aromatic rings. The van der Waals surface area contributed by atoms with Crippen LogP contribution < -0.4 is 5.56 Å². The van der Waals surface area contributed by atoms with Gasteiger partial charge in [-0.25, -0.2) is 4.98 Å². The Bertz CT molecular complexity index is 1120. The highest BCUT2D eigenvalue weighted by molar-refractivity contribution is 5.54. The lowest BCUT2D eigenvalue weighted by Gasteiger charge is -2.43. The molecule has 0 spiro atoms. The van der Waals surface area contributed by atoms with Crippen LogP contribution in [-0.4, -0.2) is 41.9 Å². The third-order valence-electron chi connectivity index (χ3n) is 6.78. The molecule has 0 aromatic carbocycles. The molecule has 0 saturated carbocycles. The summed E-state index contributed by atoms with van der Waals surface area (Å²) in [7, 11) is 1.93. The zero-order valence-electron chi connectivity index (χ0n) is 18.1. The second kappa shape index (κ2) is 7.54. The molecule has 2 atom stereocenters. The molecule has 1 saturated heterocycles. The van der Waals surface area contributed by atoms with Crippen LogP contribution in [-0.2, 0) is 26.7 Å². The fourth-order valence-corrected chi connectivity index (χ4v) is 5.29. The van der Waals surface area contributed by atoms with Crippen LogP contribution in [0.2, 0.25) is 0 Å². The Morgan fingerprint density at radius 3 is 2.83 bits per heavy atom. The second-order valence-electron chi connectivity index (χ2n) is 8.92. The first-order valence-electron chi connectivity index (χ1n) is 11.0. The summed E-state index contributed by atoms with van der Waals surface area (Å²) in [4.78, 5) is 20.2. The van der Waals surface area contributed by atoms with Gasteiger partial charge in [0, 0.05) is 75.0 Å². The normalized spacial score (nSPS) is 21.0. The number of fused-ring (bicyclic) bond motifs is 4.